The van der Waals surface area contributed by atoms with Crippen LogP contribution in [0.1, 0.15) is 34.6 Å². The molecule has 5 atom stereocenters. The van der Waals surface area contributed by atoms with Crippen LogP contribution in [0.5, 0.6) is 0 Å². The number of hydrogen-bond acceptors (Lipinski definition) is 5. The monoisotopic (exact) mass is 258 g/mol. The van der Waals surface area contributed by atoms with Crippen LogP contribution in [0, 0.1) is 11.8 Å². The third-order valence-corrected chi connectivity index (χ3v) is 3.54. The summed E-state index contributed by atoms with van der Waals surface area (Å²) in [4.78, 5) is 21.9. The second-order valence-corrected chi connectivity index (χ2v) is 4.97. The van der Waals surface area contributed by atoms with Gasteiger partial charge in [-0.05, 0) is 12.8 Å². The van der Waals surface area contributed by atoms with Crippen LogP contribution in [0.25, 0.3) is 0 Å². The minimum absolute atomic E-state index is 0.147. The first kappa shape index (κ1) is 15.0. The Kier molecular flexibility index (Phi) is 5.14. The summed E-state index contributed by atoms with van der Waals surface area (Å²) in [6.45, 7) is 8.94. The van der Waals surface area contributed by atoms with E-state index in [1.807, 2.05) is 20.8 Å². The maximum atomic E-state index is 11.1. The van der Waals surface area contributed by atoms with Crippen molar-refractivity contribution in [3.8, 4) is 0 Å². The minimum atomic E-state index is -0.312. The van der Waals surface area contributed by atoms with Gasteiger partial charge in [0.2, 0.25) is 0 Å². The quantitative estimate of drug-likeness (QED) is 0.719. The van der Waals surface area contributed by atoms with Crippen LogP contribution in [-0.2, 0) is 23.8 Å². The van der Waals surface area contributed by atoms with Gasteiger partial charge < -0.3 is 14.2 Å². The Labute approximate surface area is 108 Å². The summed E-state index contributed by atoms with van der Waals surface area (Å²) in [5, 5.41) is 0. The Morgan fingerprint density at radius 2 is 1.67 bits per heavy atom. The lowest BCUT2D eigenvalue weighted by molar-refractivity contribution is -0.199. The van der Waals surface area contributed by atoms with Crippen molar-refractivity contribution in [3.05, 3.63) is 0 Å². The molecule has 1 heterocycles. The molecule has 18 heavy (non-hydrogen) atoms. The van der Waals surface area contributed by atoms with Gasteiger partial charge in [-0.15, -0.1) is 0 Å². The van der Waals surface area contributed by atoms with Crippen molar-refractivity contribution < 1.29 is 23.8 Å². The molecule has 0 aromatic rings. The van der Waals surface area contributed by atoms with Gasteiger partial charge in [0.15, 0.2) is 0 Å². The van der Waals surface area contributed by atoms with Crippen molar-refractivity contribution >= 4 is 11.9 Å². The highest BCUT2D eigenvalue weighted by Gasteiger charge is 2.41. The average molecular weight is 258 g/mol. The van der Waals surface area contributed by atoms with E-state index in [2.05, 4.69) is 0 Å². The number of hydrogen-bond donors (Lipinski definition) is 0. The summed E-state index contributed by atoms with van der Waals surface area (Å²) in [6, 6.07) is 0. The standard InChI is InChI=1S/C13H22O5/c1-7-8(2)13(18-11(5)15)9(3)17-12(7)6-16-10(4)14/h7-9,12-13H,6H2,1-5H3/t7-,8+,9+,12-,13+/m1/s1. The van der Waals surface area contributed by atoms with E-state index in [9.17, 15) is 9.59 Å². The molecule has 1 saturated heterocycles. The SMILES string of the molecule is CC(=O)OC[C@H]1O[C@@H](C)[C@@H](OC(C)=O)[C@@H](C)[C@H]1C. The lowest BCUT2D eigenvalue weighted by Gasteiger charge is -2.42. The smallest absolute Gasteiger partial charge is 0.303 e. The molecule has 0 aromatic carbocycles. The summed E-state index contributed by atoms with van der Waals surface area (Å²) < 4.78 is 16.1. The number of rotatable bonds is 3. The van der Waals surface area contributed by atoms with Crippen LogP contribution in [0.2, 0.25) is 0 Å². The molecule has 0 aromatic heterocycles. The molecule has 1 aliphatic heterocycles. The zero-order valence-electron chi connectivity index (χ0n) is 11.6. The first-order chi connectivity index (χ1) is 8.32. The van der Waals surface area contributed by atoms with Gasteiger partial charge in [0.1, 0.15) is 12.7 Å². The molecule has 104 valence electrons. The number of carbonyl (C=O) groups is 2. The van der Waals surface area contributed by atoms with Gasteiger partial charge in [0.25, 0.3) is 0 Å². The Morgan fingerprint density at radius 3 is 2.17 bits per heavy atom. The molecule has 0 spiro atoms. The van der Waals surface area contributed by atoms with Gasteiger partial charge in [-0.25, -0.2) is 0 Å². The maximum Gasteiger partial charge on any atom is 0.303 e. The molecule has 5 nitrogen and oxygen atoms in total. The molecule has 0 N–H and O–H groups in total. The first-order valence-electron chi connectivity index (χ1n) is 6.29. The molecule has 0 aliphatic carbocycles. The predicted molar refractivity (Wildman–Crippen MR) is 64.9 cm³/mol. The highest BCUT2D eigenvalue weighted by atomic mass is 16.6. The summed E-state index contributed by atoms with van der Waals surface area (Å²) in [7, 11) is 0. The van der Waals surface area contributed by atoms with E-state index in [0.29, 0.717) is 0 Å². The predicted octanol–water partition coefficient (Wildman–Crippen LogP) is 1.54. The van der Waals surface area contributed by atoms with Crippen molar-refractivity contribution in [2.45, 2.75) is 52.9 Å². The highest BCUT2D eigenvalue weighted by Crippen LogP contribution is 2.32. The fourth-order valence-corrected chi connectivity index (χ4v) is 2.33. The molecular weight excluding hydrogens is 236 g/mol. The Hall–Kier alpha value is -1.10. The van der Waals surface area contributed by atoms with E-state index in [4.69, 9.17) is 14.2 Å². The largest absolute Gasteiger partial charge is 0.463 e. The van der Waals surface area contributed by atoms with Crippen LogP contribution < -0.4 is 0 Å². The molecule has 1 fully saturated rings. The topological polar surface area (TPSA) is 61.8 Å². The fourth-order valence-electron chi connectivity index (χ4n) is 2.33. The number of carbonyl (C=O) groups excluding carboxylic acids is 2. The van der Waals surface area contributed by atoms with E-state index < -0.39 is 0 Å². The third-order valence-electron chi connectivity index (χ3n) is 3.54. The molecule has 0 radical (unpaired) electrons. The normalized spacial score (nSPS) is 35.9. The third kappa shape index (κ3) is 3.70. The molecule has 0 bridgehead atoms. The van der Waals surface area contributed by atoms with Crippen molar-refractivity contribution in [1.29, 1.82) is 0 Å². The van der Waals surface area contributed by atoms with Gasteiger partial charge in [-0.1, -0.05) is 13.8 Å². The lowest BCUT2D eigenvalue weighted by atomic mass is 9.82. The molecule has 0 amide bonds. The van der Waals surface area contributed by atoms with E-state index in [0.717, 1.165) is 0 Å². The van der Waals surface area contributed by atoms with E-state index in [1.54, 1.807) is 0 Å². The second kappa shape index (κ2) is 6.18. The second-order valence-electron chi connectivity index (χ2n) is 4.97. The molecule has 1 rings (SSSR count). The van der Waals surface area contributed by atoms with E-state index in [1.165, 1.54) is 13.8 Å². The fraction of sp³-hybridized carbons (Fsp3) is 0.846. The van der Waals surface area contributed by atoms with E-state index >= 15 is 0 Å². The van der Waals surface area contributed by atoms with Crippen LogP contribution in [0.3, 0.4) is 0 Å². The van der Waals surface area contributed by atoms with Crippen molar-refractivity contribution in [2.24, 2.45) is 11.8 Å². The lowest BCUT2D eigenvalue weighted by Crippen LogP contribution is -2.51. The highest BCUT2D eigenvalue weighted by molar-refractivity contribution is 5.66. The Morgan fingerprint density at radius 1 is 1.06 bits per heavy atom. The van der Waals surface area contributed by atoms with Crippen LogP contribution in [0.4, 0.5) is 0 Å². The van der Waals surface area contributed by atoms with Gasteiger partial charge in [0, 0.05) is 19.8 Å². The number of esters is 2. The molecular formula is C13H22O5. The molecule has 1 aliphatic rings. The Balaban J connectivity index is 2.64. The minimum Gasteiger partial charge on any atom is -0.463 e. The van der Waals surface area contributed by atoms with Gasteiger partial charge in [-0.2, -0.15) is 0 Å². The van der Waals surface area contributed by atoms with Gasteiger partial charge >= 0.3 is 11.9 Å². The van der Waals surface area contributed by atoms with Gasteiger partial charge in [0.05, 0.1) is 12.2 Å². The number of ether oxygens (including phenoxy) is 3. The summed E-state index contributed by atoms with van der Waals surface area (Å²) >= 11 is 0. The average Bonchev–Trinajstić information content (AvgIpc) is 2.27. The maximum absolute atomic E-state index is 11.1. The summed E-state index contributed by atoms with van der Waals surface area (Å²) in [6.07, 6.45) is -0.586. The Bertz CT molecular complexity index is 313. The summed E-state index contributed by atoms with van der Waals surface area (Å²) in [5.41, 5.74) is 0. The molecule has 0 saturated carbocycles. The zero-order valence-corrected chi connectivity index (χ0v) is 11.6. The van der Waals surface area contributed by atoms with Crippen LogP contribution in [-0.4, -0.2) is 36.9 Å². The van der Waals surface area contributed by atoms with Crippen molar-refractivity contribution in [2.75, 3.05) is 6.61 Å². The van der Waals surface area contributed by atoms with Gasteiger partial charge in [-0.3, -0.25) is 9.59 Å². The van der Waals surface area contributed by atoms with Crippen molar-refractivity contribution in [3.63, 3.8) is 0 Å². The molecule has 5 heteroatoms. The van der Waals surface area contributed by atoms with Crippen molar-refractivity contribution in [1.82, 2.24) is 0 Å². The van der Waals surface area contributed by atoms with Crippen LogP contribution in [0.15, 0.2) is 0 Å². The first-order valence-corrected chi connectivity index (χ1v) is 6.29. The van der Waals surface area contributed by atoms with Crippen LogP contribution >= 0.6 is 0 Å². The molecule has 0 unspecified atom stereocenters. The summed E-state index contributed by atoms with van der Waals surface area (Å²) in [5.74, 6) is -0.288. The van der Waals surface area contributed by atoms with E-state index in [-0.39, 0.29) is 48.7 Å². The zero-order chi connectivity index (χ0) is 13.9.